The molecule has 0 spiro atoms. The predicted molar refractivity (Wildman–Crippen MR) is 81.8 cm³/mol. The molecule has 0 bridgehead atoms. The molecule has 0 saturated carbocycles. The summed E-state index contributed by atoms with van der Waals surface area (Å²) in [6, 6.07) is -0.639. The van der Waals surface area contributed by atoms with Crippen molar-refractivity contribution in [3.05, 3.63) is 10.6 Å². The number of ether oxygens (including phenoxy) is 1. The molecule has 0 aliphatic carbocycles. The number of imide groups is 1. The van der Waals surface area contributed by atoms with E-state index in [0.29, 0.717) is 6.54 Å². The van der Waals surface area contributed by atoms with Gasteiger partial charge in [0.05, 0.1) is 6.54 Å². The molecule has 1 saturated heterocycles. The molecule has 0 aromatic rings. The van der Waals surface area contributed by atoms with Crippen molar-refractivity contribution in [3.8, 4) is 0 Å². The van der Waals surface area contributed by atoms with Crippen molar-refractivity contribution in [2.75, 3.05) is 19.7 Å². The first kappa shape index (κ1) is 27.3. The molecule has 1 aliphatic heterocycles. The van der Waals surface area contributed by atoms with Gasteiger partial charge < -0.3 is 26.3 Å². The fourth-order valence-electron chi connectivity index (χ4n) is 1.78. The van der Waals surface area contributed by atoms with E-state index in [1.54, 1.807) is 0 Å². The zero-order valence-electron chi connectivity index (χ0n) is 14.5. The molecule has 23 heavy (non-hydrogen) atoms. The van der Waals surface area contributed by atoms with Gasteiger partial charge in [0.1, 0.15) is 6.61 Å². The fourth-order valence-corrected chi connectivity index (χ4v) is 1.78. The van der Waals surface area contributed by atoms with Crippen molar-refractivity contribution >= 4 is 12.0 Å². The summed E-state index contributed by atoms with van der Waals surface area (Å²) in [5.41, 5.74) is -0.602. The Morgan fingerprint density at radius 1 is 1.17 bits per heavy atom. The maximum absolute atomic E-state index is 12.4. The van der Waals surface area contributed by atoms with E-state index in [1.165, 1.54) is 0 Å². The van der Waals surface area contributed by atoms with Crippen LogP contribution >= 0.6 is 0 Å². The molecule has 136 valence electrons. The molecule has 9 heteroatoms. The molecule has 0 aromatic heterocycles. The molecule has 0 unspecified atom stereocenters. The summed E-state index contributed by atoms with van der Waals surface area (Å²) < 4.78 is 4.81. The van der Waals surface area contributed by atoms with Crippen molar-refractivity contribution in [3.63, 3.8) is 0 Å². The molecule has 1 rings (SSSR count). The summed E-state index contributed by atoms with van der Waals surface area (Å²) in [6.45, 7) is 12.5. The second kappa shape index (κ2) is 10.3. The van der Waals surface area contributed by atoms with Crippen LogP contribution in [0, 0.1) is 0 Å². The van der Waals surface area contributed by atoms with Gasteiger partial charge in [0.2, 0.25) is 5.91 Å². The maximum atomic E-state index is 12.4. The summed E-state index contributed by atoms with van der Waals surface area (Å²) in [4.78, 5) is 25.0. The molecule has 2 N–H and O–H groups in total. The standard InChI is InChI=1S/C14H25N3O3.2H2O.Os/c1-13(2,3)15-9-10(16-14(4,5)6)11(18)17-7-8-20-12(17)19;;;/h10H,7-9H2,1-6H3;2*1H2;/q-2;;;+4/p-2/t10-;;;/m1.../s1. The first-order chi connectivity index (χ1) is 8.99. The van der Waals surface area contributed by atoms with Crippen molar-refractivity contribution < 1.29 is 45.1 Å². The normalized spacial score (nSPS) is 15.7. The second-order valence-electron chi connectivity index (χ2n) is 6.93. The summed E-state index contributed by atoms with van der Waals surface area (Å²) in [5.74, 6) is -0.324. The number of hydrogen-bond donors (Lipinski definition) is 0. The van der Waals surface area contributed by atoms with Crippen LogP contribution in [0.1, 0.15) is 41.5 Å². The molecule has 1 fully saturated rings. The van der Waals surface area contributed by atoms with E-state index < -0.39 is 12.1 Å². The SMILES string of the molecule is CC(C)(C)[N-]C[C@@H]([N-]C(C)(C)C)C(=O)N1CCOC1=O.[OH-].[OH-].[Os+4]. The van der Waals surface area contributed by atoms with Crippen LogP contribution in [0.25, 0.3) is 10.6 Å². The Bertz CT molecular complexity index is 380. The molecule has 1 atom stereocenters. The van der Waals surface area contributed by atoms with Gasteiger partial charge in [-0.3, -0.25) is 4.79 Å². The zero-order chi connectivity index (χ0) is 15.6. The van der Waals surface area contributed by atoms with Crippen molar-refractivity contribution in [2.45, 2.75) is 58.7 Å². The average molecular weight is 508 g/mol. The fraction of sp³-hybridized carbons (Fsp3) is 0.857. The number of carbonyl (C=O) groups excluding carboxylic acids is 2. The van der Waals surface area contributed by atoms with Crippen LogP contribution < -0.4 is 0 Å². The Hall–Kier alpha value is -0.584. The largest absolute Gasteiger partial charge is 4.00 e. The third-order valence-electron chi connectivity index (χ3n) is 2.59. The van der Waals surface area contributed by atoms with E-state index in [0.717, 1.165) is 4.90 Å². The molecule has 1 aliphatic rings. The van der Waals surface area contributed by atoms with Gasteiger partial charge in [-0.2, -0.15) is 6.54 Å². The van der Waals surface area contributed by atoms with Gasteiger partial charge >= 0.3 is 25.9 Å². The smallest absolute Gasteiger partial charge is 0.870 e. The van der Waals surface area contributed by atoms with Crippen LogP contribution in [-0.4, -0.2) is 64.7 Å². The first-order valence-electron chi connectivity index (χ1n) is 6.88. The third-order valence-corrected chi connectivity index (χ3v) is 2.59. The zero-order valence-corrected chi connectivity index (χ0v) is 17.1. The van der Waals surface area contributed by atoms with Gasteiger partial charge in [0.25, 0.3) is 0 Å². The number of amides is 2. The van der Waals surface area contributed by atoms with E-state index in [2.05, 4.69) is 10.6 Å². The summed E-state index contributed by atoms with van der Waals surface area (Å²) in [6.07, 6.45) is -0.583. The Morgan fingerprint density at radius 3 is 2.04 bits per heavy atom. The topological polar surface area (TPSA) is 135 Å². The van der Waals surface area contributed by atoms with E-state index in [9.17, 15) is 9.59 Å². The van der Waals surface area contributed by atoms with Crippen molar-refractivity contribution in [2.24, 2.45) is 0 Å². The van der Waals surface area contributed by atoms with Gasteiger partial charge in [0.15, 0.2) is 0 Å². The molecule has 0 radical (unpaired) electrons. The summed E-state index contributed by atoms with van der Waals surface area (Å²) in [7, 11) is 0. The van der Waals surface area contributed by atoms with E-state index in [-0.39, 0.29) is 60.9 Å². The molecule has 8 nitrogen and oxygen atoms in total. The average Bonchev–Trinajstić information content (AvgIpc) is 2.67. The monoisotopic (exact) mass is 509 g/mol. The number of carbonyl (C=O) groups is 2. The van der Waals surface area contributed by atoms with Crippen LogP contribution in [0.5, 0.6) is 0 Å². The van der Waals surface area contributed by atoms with Crippen LogP contribution in [0.3, 0.4) is 0 Å². The predicted octanol–water partition coefficient (Wildman–Crippen LogP) is 2.32. The second-order valence-corrected chi connectivity index (χ2v) is 6.93. The number of nitrogens with zero attached hydrogens (tertiary/aromatic N) is 3. The van der Waals surface area contributed by atoms with Crippen LogP contribution in [0.2, 0.25) is 0 Å². The van der Waals surface area contributed by atoms with Crippen LogP contribution in [0.15, 0.2) is 0 Å². The Kier molecular flexibility index (Phi) is 12.2. The Morgan fingerprint density at radius 2 is 1.70 bits per heavy atom. The van der Waals surface area contributed by atoms with Gasteiger partial charge in [-0.05, 0) is 0 Å². The van der Waals surface area contributed by atoms with Crippen LogP contribution in [-0.2, 0) is 29.3 Å². The number of cyclic esters (lactones) is 1. The van der Waals surface area contributed by atoms with Gasteiger partial charge in [-0.1, -0.05) is 47.6 Å². The minimum Gasteiger partial charge on any atom is -0.870 e. The minimum atomic E-state index is -0.639. The minimum absolute atomic E-state index is 0. The quantitative estimate of drug-likeness (QED) is 0.575. The number of hydrogen-bond acceptors (Lipinski definition) is 5. The van der Waals surface area contributed by atoms with Gasteiger partial charge in [0, 0.05) is 0 Å². The Balaban J connectivity index is -0.00000133. The van der Waals surface area contributed by atoms with E-state index in [4.69, 9.17) is 4.74 Å². The van der Waals surface area contributed by atoms with Crippen molar-refractivity contribution in [1.82, 2.24) is 4.90 Å². The number of rotatable bonds is 4. The van der Waals surface area contributed by atoms with Gasteiger partial charge in [-0.25, -0.2) is 9.69 Å². The maximum Gasteiger partial charge on any atom is 4.00 e. The summed E-state index contributed by atoms with van der Waals surface area (Å²) in [5, 5.41) is 8.96. The van der Waals surface area contributed by atoms with E-state index in [1.807, 2.05) is 41.5 Å². The van der Waals surface area contributed by atoms with E-state index >= 15 is 0 Å². The molecule has 0 aromatic carbocycles. The van der Waals surface area contributed by atoms with Crippen molar-refractivity contribution in [1.29, 1.82) is 0 Å². The molecule has 2 amide bonds. The summed E-state index contributed by atoms with van der Waals surface area (Å²) >= 11 is 0. The molecule has 1 heterocycles. The Labute approximate surface area is 151 Å². The molecular weight excluding hydrogens is 480 g/mol. The third kappa shape index (κ3) is 10.00. The van der Waals surface area contributed by atoms with Crippen LogP contribution in [0.4, 0.5) is 4.79 Å². The molecular formula is C14H27N3O5Os. The first-order valence-corrected chi connectivity index (χ1v) is 6.88. The van der Waals surface area contributed by atoms with Gasteiger partial charge in [-0.15, -0.1) is 11.1 Å².